The van der Waals surface area contributed by atoms with Gasteiger partial charge in [-0.25, -0.2) is 0 Å². The van der Waals surface area contributed by atoms with Crippen LogP contribution in [0.1, 0.15) is 56.5 Å². The smallest absolute Gasteiger partial charge is 0.264 e. The number of benzene rings is 1. The van der Waals surface area contributed by atoms with E-state index in [-0.39, 0.29) is 12.5 Å². The van der Waals surface area contributed by atoms with E-state index < -0.39 is 0 Å². The number of rotatable bonds is 9. The van der Waals surface area contributed by atoms with E-state index in [0.29, 0.717) is 16.8 Å². The van der Waals surface area contributed by atoms with Crippen molar-refractivity contribution in [1.82, 2.24) is 10.2 Å². The molecule has 0 radical (unpaired) electrons. The molecule has 0 aliphatic heterocycles. The normalized spacial score (nSPS) is 10.8. The monoisotopic (exact) mass is 347 g/mol. The van der Waals surface area contributed by atoms with Gasteiger partial charge in [-0.05, 0) is 37.0 Å². The second-order valence-electron chi connectivity index (χ2n) is 5.69. The number of amides is 1. The first-order valence-corrected chi connectivity index (χ1v) is 9.32. The molecule has 2 rings (SSSR count). The van der Waals surface area contributed by atoms with Crippen LogP contribution in [0.5, 0.6) is 5.75 Å². The van der Waals surface area contributed by atoms with Crippen LogP contribution in [0.2, 0.25) is 0 Å². The molecule has 0 saturated heterocycles. The van der Waals surface area contributed by atoms with Crippen molar-refractivity contribution in [2.45, 2.75) is 52.4 Å². The molecule has 1 heterocycles. The molecule has 0 fully saturated rings. The minimum Gasteiger partial charge on any atom is -0.484 e. The van der Waals surface area contributed by atoms with Gasteiger partial charge in [0, 0.05) is 5.92 Å². The second-order valence-corrected chi connectivity index (χ2v) is 6.70. The lowest BCUT2D eigenvalue weighted by atomic mass is 10.1. The van der Waals surface area contributed by atoms with Crippen LogP contribution in [0.25, 0.3) is 0 Å². The van der Waals surface area contributed by atoms with E-state index in [2.05, 4.69) is 36.3 Å². The van der Waals surface area contributed by atoms with Crippen LogP contribution in [0, 0.1) is 0 Å². The number of carbonyl (C=O) groups excluding carboxylic acids is 1. The summed E-state index contributed by atoms with van der Waals surface area (Å²) >= 11 is 1.44. The lowest BCUT2D eigenvalue weighted by Crippen LogP contribution is -2.20. The minimum atomic E-state index is -0.222. The van der Waals surface area contributed by atoms with E-state index >= 15 is 0 Å². The average Bonchev–Trinajstić information content (AvgIpc) is 3.04. The quantitative estimate of drug-likeness (QED) is 0.729. The van der Waals surface area contributed by atoms with E-state index in [0.717, 1.165) is 30.7 Å². The van der Waals surface area contributed by atoms with E-state index in [4.69, 9.17) is 4.74 Å². The van der Waals surface area contributed by atoms with Crippen LogP contribution >= 0.6 is 11.3 Å². The van der Waals surface area contributed by atoms with E-state index in [1.54, 1.807) is 0 Å². The lowest BCUT2D eigenvalue weighted by molar-refractivity contribution is -0.118. The summed E-state index contributed by atoms with van der Waals surface area (Å²) in [5, 5.41) is 12.5. The molecular formula is C18H25N3O2S. The molecule has 6 heteroatoms. The SMILES string of the molecule is CCCc1ccc(OCC(=O)Nc2nnc(C(CC)CC)s2)cc1. The zero-order valence-corrected chi connectivity index (χ0v) is 15.4. The molecule has 130 valence electrons. The number of aryl methyl sites for hydroxylation is 1. The minimum absolute atomic E-state index is 0.0347. The third kappa shape index (κ3) is 5.30. The van der Waals surface area contributed by atoms with Gasteiger partial charge in [0.05, 0.1) is 0 Å². The predicted octanol–water partition coefficient (Wildman–Crippen LogP) is 4.41. The Hall–Kier alpha value is -1.95. The van der Waals surface area contributed by atoms with Crippen molar-refractivity contribution in [2.75, 3.05) is 11.9 Å². The van der Waals surface area contributed by atoms with Gasteiger partial charge in [0.25, 0.3) is 5.91 Å². The summed E-state index contributed by atoms with van der Waals surface area (Å²) in [4.78, 5) is 12.0. The molecule has 0 unspecified atom stereocenters. The number of aromatic nitrogens is 2. The molecule has 24 heavy (non-hydrogen) atoms. The van der Waals surface area contributed by atoms with Crippen molar-refractivity contribution in [3.8, 4) is 5.75 Å². The summed E-state index contributed by atoms with van der Waals surface area (Å²) < 4.78 is 5.51. The Labute approximate surface area is 147 Å². The number of hydrogen-bond donors (Lipinski definition) is 1. The van der Waals surface area contributed by atoms with Gasteiger partial charge in [-0.1, -0.05) is 50.7 Å². The lowest BCUT2D eigenvalue weighted by Gasteiger charge is -2.07. The highest BCUT2D eigenvalue weighted by Gasteiger charge is 2.14. The Morgan fingerprint density at radius 3 is 2.50 bits per heavy atom. The van der Waals surface area contributed by atoms with Crippen LogP contribution < -0.4 is 10.1 Å². The Morgan fingerprint density at radius 2 is 1.88 bits per heavy atom. The van der Waals surface area contributed by atoms with Crippen molar-refractivity contribution < 1.29 is 9.53 Å². The summed E-state index contributed by atoms with van der Waals surface area (Å²) in [6, 6.07) is 7.86. The van der Waals surface area contributed by atoms with Crippen LogP contribution in [0.15, 0.2) is 24.3 Å². The van der Waals surface area contributed by atoms with Gasteiger partial charge in [0.2, 0.25) is 5.13 Å². The highest BCUT2D eigenvalue weighted by Crippen LogP contribution is 2.27. The third-order valence-electron chi connectivity index (χ3n) is 3.85. The molecule has 0 spiro atoms. The maximum absolute atomic E-state index is 12.0. The van der Waals surface area contributed by atoms with Gasteiger partial charge in [-0.3, -0.25) is 10.1 Å². The van der Waals surface area contributed by atoms with E-state index in [9.17, 15) is 4.79 Å². The molecule has 1 aromatic heterocycles. The fraction of sp³-hybridized carbons (Fsp3) is 0.500. The molecule has 1 aromatic carbocycles. The molecule has 2 aromatic rings. The number of hydrogen-bond acceptors (Lipinski definition) is 5. The number of nitrogens with zero attached hydrogens (tertiary/aromatic N) is 2. The van der Waals surface area contributed by atoms with Gasteiger partial charge in [0.15, 0.2) is 6.61 Å². The van der Waals surface area contributed by atoms with Gasteiger partial charge in [-0.2, -0.15) is 0 Å². The number of carbonyl (C=O) groups is 1. The fourth-order valence-electron chi connectivity index (χ4n) is 2.43. The maximum Gasteiger partial charge on any atom is 0.264 e. The first-order valence-electron chi connectivity index (χ1n) is 8.51. The Kier molecular flexibility index (Phi) is 7.18. The molecule has 1 N–H and O–H groups in total. The first-order chi connectivity index (χ1) is 11.7. The molecule has 0 saturated carbocycles. The molecule has 0 bridgehead atoms. The maximum atomic E-state index is 12.0. The summed E-state index contributed by atoms with van der Waals surface area (Å²) in [6.07, 6.45) is 4.21. The zero-order chi connectivity index (χ0) is 17.4. The Morgan fingerprint density at radius 1 is 1.17 bits per heavy atom. The van der Waals surface area contributed by atoms with Gasteiger partial charge in [0.1, 0.15) is 10.8 Å². The molecule has 0 aliphatic carbocycles. The summed E-state index contributed by atoms with van der Waals surface area (Å²) in [6.45, 7) is 6.38. The van der Waals surface area contributed by atoms with Crippen molar-refractivity contribution in [3.63, 3.8) is 0 Å². The summed E-state index contributed by atoms with van der Waals surface area (Å²) in [7, 11) is 0. The predicted molar refractivity (Wildman–Crippen MR) is 97.8 cm³/mol. The highest BCUT2D eigenvalue weighted by atomic mass is 32.1. The average molecular weight is 347 g/mol. The van der Waals surface area contributed by atoms with Crippen LogP contribution in [-0.4, -0.2) is 22.7 Å². The number of nitrogens with one attached hydrogen (secondary N) is 1. The second kappa shape index (κ2) is 9.37. The van der Waals surface area contributed by atoms with Crippen LogP contribution in [0.3, 0.4) is 0 Å². The Bertz CT molecular complexity index is 636. The zero-order valence-electron chi connectivity index (χ0n) is 14.5. The highest BCUT2D eigenvalue weighted by molar-refractivity contribution is 7.15. The molecule has 5 nitrogen and oxygen atoms in total. The topological polar surface area (TPSA) is 64.1 Å². The summed E-state index contributed by atoms with van der Waals surface area (Å²) in [5.74, 6) is 0.880. The third-order valence-corrected chi connectivity index (χ3v) is 4.85. The summed E-state index contributed by atoms with van der Waals surface area (Å²) in [5.41, 5.74) is 1.28. The van der Waals surface area contributed by atoms with Crippen molar-refractivity contribution in [1.29, 1.82) is 0 Å². The Balaban J connectivity index is 1.82. The van der Waals surface area contributed by atoms with Crippen LogP contribution in [0.4, 0.5) is 5.13 Å². The van der Waals surface area contributed by atoms with Crippen molar-refractivity contribution >= 4 is 22.4 Å². The van der Waals surface area contributed by atoms with E-state index in [1.807, 2.05) is 24.3 Å². The van der Waals surface area contributed by atoms with E-state index in [1.165, 1.54) is 16.9 Å². The first kappa shape index (κ1) is 18.4. The van der Waals surface area contributed by atoms with Crippen LogP contribution in [-0.2, 0) is 11.2 Å². The number of anilines is 1. The van der Waals surface area contributed by atoms with Gasteiger partial charge >= 0.3 is 0 Å². The van der Waals surface area contributed by atoms with Gasteiger partial charge in [-0.15, -0.1) is 10.2 Å². The molecule has 1 amide bonds. The van der Waals surface area contributed by atoms with Crippen molar-refractivity contribution in [3.05, 3.63) is 34.8 Å². The standard InChI is InChI=1S/C18H25N3O2S/c1-4-7-13-8-10-15(11-9-13)23-12-16(22)19-18-21-20-17(24-18)14(5-2)6-3/h8-11,14H,4-7,12H2,1-3H3,(H,19,21,22). The molecule has 0 atom stereocenters. The fourth-order valence-corrected chi connectivity index (χ4v) is 3.46. The number of ether oxygens (including phenoxy) is 1. The molecular weight excluding hydrogens is 322 g/mol. The molecule has 0 aliphatic rings. The van der Waals surface area contributed by atoms with Gasteiger partial charge < -0.3 is 4.74 Å². The van der Waals surface area contributed by atoms with Crippen molar-refractivity contribution in [2.24, 2.45) is 0 Å². The largest absolute Gasteiger partial charge is 0.484 e.